The zero-order chi connectivity index (χ0) is 18.7. The fraction of sp³-hybridized carbons (Fsp3) is 0.200. The maximum atomic E-state index is 13.0. The molecule has 1 atom stereocenters. The van der Waals surface area contributed by atoms with Gasteiger partial charge in [0.05, 0.1) is 6.20 Å². The fourth-order valence-electron chi connectivity index (χ4n) is 2.50. The average molecular weight is 353 g/mol. The zero-order valence-corrected chi connectivity index (χ0v) is 14.9. The quantitative estimate of drug-likeness (QED) is 0.752. The monoisotopic (exact) mass is 353 g/mol. The molecule has 0 radical (unpaired) electrons. The standard InChI is InChI=1S/C20H20FN3O2/c1-13(23-19(25)15-5-4-6-17(11-15)24(2)3)20-22-12-18(26-20)14-7-9-16(21)10-8-14/h4-13H,1-3H3,(H,23,25). The maximum Gasteiger partial charge on any atom is 0.251 e. The molecule has 6 heteroatoms. The second-order valence-corrected chi connectivity index (χ2v) is 6.21. The van der Waals surface area contributed by atoms with Crippen LogP contribution in [0.15, 0.2) is 59.1 Å². The van der Waals surface area contributed by atoms with Gasteiger partial charge in [0.15, 0.2) is 5.76 Å². The van der Waals surface area contributed by atoms with Crippen molar-refractivity contribution in [1.29, 1.82) is 0 Å². The molecule has 1 aromatic heterocycles. The smallest absolute Gasteiger partial charge is 0.251 e. The summed E-state index contributed by atoms with van der Waals surface area (Å²) in [5.41, 5.74) is 2.23. The van der Waals surface area contributed by atoms with Crippen molar-refractivity contribution >= 4 is 11.6 Å². The molecule has 3 aromatic rings. The van der Waals surface area contributed by atoms with Crippen LogP contribution in [0.2, 0.25) is 0 Å². The van der Waals surface area contributed by atoms with Gasteiger partial charge in [-0.3, -0.25) is 4.79 Å². The Morgan fingerprint density at radius 3 is 2.62 bits per heavy atom. The summed E-state index contributed by atoms with van der Waals surface area (Å²) in [4.78, 5) is 18.6. The Morgan fingerprint density at radius 2 is 1.92 bits per heavy atom. The third kappa shape index (κ3) is 3.91. The van der Waals surface area contributed by atoms with Gasteiger partial charge in [0, 0.05) is 30.9 Å². The van der Waals surface area contributed by atoms with Crippen molar-refractivity contribution in [2.45, 2.75) is 13.0 Å². The van der Waals surface area contributed by atoms with Crippen molar-refractivity contribution in [3.8, 4) is 11.3 Å². The molecule has 1 N–H and O–H groups in total. The molecule has 0 aliphatic carbocycles. The van der Waals surface area contributed by atoms with E-state index in [1.54, 1.807) is 31.3 Å². The number of nitrogens with one attached hydrogen (secondary N) is 1. The minimum absolute atomic E-state index is 0.206. The number of halogens is 1. The van der Waals surface area contributed by atoms with Gasteiger partial charge in [-0.15, -0.1) is 0 Å². The van der Waals surface area contributed by atoms with E-state index in [9.17, 15) is 9.18 Å². The Kier molecular flexibility index (Phi) is 5.02. The summed E-state index contributed by atoms with van der Waals surface area (Å²) in [6.07, 6.45) is 1.57. The summed E-state index contributed by atoms with van der Waals surface area (Å²) in [6, 6.07) is 12.9. The third-order valence-corrected chi connectivity index (χ3v) is 4.00. The Hall–Kier alpha value is -3.15. The van der Waals surface area contributed by atoms with Crippen molar-refractivity contribution in [1.82, 2.24) is 10.3 Å². The van der Waals surface area contributed by atoms with Crippen molar-refractivity contribution in [2.24, 2.45) is 0 Å². The minimum atomic E-state index is -0.403. The lowest BCUT2D eigenvalue weighted by Gasteiger charge is -2.14. The summed E-state index contributed by atoms with van der Waals surface area (Å²) in [5, 5.41) is 2.88. The van der Waals surface area contributed by atoms with Gasteiger partial charge in [0.25, 0.3) is 5.91 Å². The predicted molar refractivity (Wildman–Crippen MR) is 98.5 cm³/mol. The van der Waals surface area contributed by atoms with E-state index in [0.29, 0.717) is 17.2 Å². The molecule has 1 heterocycles. The number of benzene rings is 2. The molecule has 0 spiro atoms. The molecule has 0 bridgehead atoms. The Bertz CT molecular complexity index is 903. The highest BCUT2D eigenvalue weighted by molar-refractivity contribution is 5.95. The van der Waals surface area contributed by atoms with Gasteiger partial charge in [-0.1, -0.05) is 6.07 Å². The van der Waals surface area contributed by atoms with Crippen LogP contribution in [0, 0.1) is 5.82 Å². The van der Waals surface area contributed by atoms with Gasteiger partial charge in [-0.05, 0) is 49.4 Å². The van der Waals surface area contributed by atoms with Crippen LogP contribution in [0.1, 0.15) is 29.2 Å². The molecule has 134 valence electrons. The largest absolute Gasteiger partial charge is 0.438 e. The highest BCUT2D eigenvalue weighted by Gasteiger charge is 2.17. The molecule has 5 nitrogen and oxygen atoms in total. The second kappa shape index (κ2) is 7.39. The number of rotatable bonds is 5. The highest BCUT2D eigenvalue weighted by atomic mass is 19.1. The van der Waals surface area contributed by atoms with E-state index in [0.717, 1.165) is 11.3 Å². The van der Waals surface area contributed by atoms with Gasteiger partial charge in [-0.2, -0.15) is 0 Å². The number of nitrogens with zero attached hydrogens (tertiary/aromatic N) is 2. The number of aromatic nitrogens is 1. The van der Waals surface area contributed by atoms with E-state index in [1.165, 1.54) is 12.1 Å². The number of hydrogen-bond donors (Lipinski definition) is 1. The van der Waals surface area contributed by atoms with E-state index in [-0.39, 0.29) is 11.7 Å². The van der Waals surface area contributed by atoms with Crippen LogP contribution >= 0.6 is 0 Å². The van der Waals surface area contributed by atoms with Crippen LogP contribution < -0.4 is 10.2 Å². The average Bonchev–Trinajstić information content (AvgIpc) is 3.12. The summed E-state index contributed by atoms with van der Waals surface area (Å²) in [5.74, 6) is 0.397. The van der Waals surface area contributed by atoms with E-state index < -0.39 is 6.04 Å². The number of oxazole rings is 1. The Balaban J connectivity index is 1.72. The number of carbonyl (C=O) groups is 1. The van der Waals surface area contributed by atoms with Crippen LogP contribution in [-0.2, 0) is 0 Å². The molecular formula is C20H20FN3O2. The fourth-order valence-corrected chi connectivity index (χ4v) is 2.50. The Morgan fingerprint density at radius 1 is 1.19 bits per heavy atom. The van der Waals surface area contributed by atoms with Crippen LogP contribution in [0.5, 0.6) is 0 Å². The normalized spacial score (nSPS) is 11.8. The summed E-state index contributed by atoms with van der Waals surface area (Å²) in [6.45, 7) is 1.80. The first-order chi connectivity index (χ1) is 12.4. The molecule has 1 unspecified atom stereocenters. The lowest BCUT2D eigenvalue weighted by Crippen LogP contribution is -2.27. The first kappa shape index (κ1) is 17.7. The molecule has 3 rings (SSSR count). The van der Waals surface area contributed by atoms with E-state index in [2.05, 4.69) is 10.3 Å². The lowest BCUT2D eigenvalue weighted by molar-refractivity contribution is 0.0934. The molecule has 1 amide bonds. The topological polar surface area (TPSA) is 58.4 Å². The predicted octanol–water partition coefficient (Wildman–Crippen LogP) is 4.04. The first-order valence-electron chi connectivity index (χ1n) is 8.24. The molecule has 0 aliphatic heterocycles. The third-order valence-electron chi connectivity index (χ3n) is 4.00. The van der Waals surface area contributed by atoms with Crippen molar-refractivity contribution < 1.29 is 13.6 Å². The molecule has 0 saturated heterocycles. The molecule has 0 saturated carbocycles. The number of hydrogen-bond acceptors (Lipinski definition) is 4. The van der Waals surface area contributed by atoms with Gasteiger partial charge >= 0.3 is 0 Å². The molecule has 26 heavy (non-hydrogen) atoms. The zero-order valence-electron chi connectivity index (χ0n) is 14.9. The van der Waals surface area contributed by atoms with Crippen LogP contribution in [0.4, 0.5) is 10.1 Å². The minimum Gasteiger partial charge on any atom is -0.438 e. The molecular weight excluding hydrogens is 333 g/mol. The van der Waals surface area contributed by atoms with Crippen LogP contribution in [-0.4, -0.2) is 25.0 Å². The highest BCUT2D eigenvalue weighted by Crippen LogP contribution is 2.23. The summed E-state index contributed by atoms with van der Waals surface area (Å²) < 4.78 is 18.7. The number of amides is 1. The van der Waals surface area contributed by atoms with Crippen LogP contribution in [0.25, 0.3) is 11.3 Å². The van der Waals surface area contributed by atoms with Gasteiger partial charge in [0.2, 0.25) is 5.89 Å². The maximum absolute atomic E-state index is 13.0. The SMILES string of the molecule is CC(NC(=O)c1cccc(N(C)C)c1)c1ncc(-c2ccc(F)cc2)o1. The van der Waals surface area contributed by atoms with Crippen molar-refractivity contribution in [3.63, 3.8) is 0 Å². The van der Waals surface area contributed by atoms with Crippen LogP contribution in [0.3, 0.4) is 0 Å². The summed E-state index contributed by atoms with van der Waals surface area (Å²) in [7, 11) is 3.84. The molecule has 0 fully saturated rings. The van der Waals surface area contributed by atoms with Gasteiger partial charge in [0.1, 0.15) is 11.9 Å². The van der Waals surface area contributed by atoms with Crippen molar-refractivity contribution in [3.05, 3.63) is 72.0 Å². The Labute approximate surface area is 151 Å². The first-order valence-corrected chi connectivity index (χ1v) is 8.24. The lowest BCUT2D eigenvalue weighted by atomic mass is 10.1. The van der Waals surface area contributed by atoms with Crippen molar-refractivity contribution in [2.75, 3.05) is 19.0 Å². The van der Waals surface area contributed by atoms with Gasteiger partial charge < -0.3 is 14.6 Å². The second-order valence-electron chi connectivity index (χ2n) is 6.21. The number of anilines is 1. The van der Waals surface area contributed by atoms with E-state index >= 15 is 0 Å². The molecule has 2 aromatic carbocycles. The molecule has 0 aliphatic rings. The van der Waals surface area contributed by atoms with E-state index in [1.807, 2.05) is 37.2 Å². The van der Waals surface area contributed by atoms with E-state index in [4.69, 9.17) is 4.42 Å². The summed E-state index contributed by atoms with van der Waals surface area (Å²) >= 11 is 0. The van der Waals surface area contributed by atoms with Gasteiger partial charge in [-0.25, -0.2) is 9.37 Å². The number of carbonyl (C=O) groups excluding carboxylic acids is 1.